The minimum atomic E-state index is -0.447. The van der Waals surface area contributed by atoms with Gasteiger partial charge in [0, 0.05) is 12.1 Å². The molecular weight excluding hydrogens is 334 g/mol. The summed E-state index contributed by atoms with van der Waals surface area (Å²) in [5, 5.41) is 14.9. The van der Waals surface area contributed by atoms with Gasteiger partial charge in [-0.15, -0.1) is 0 Å². The van der Waals surface area contributed by atoms with Crippen molar-refractivity contribution in [3.63, 3.8) is 0 Å². The van der Waals surface area contributed by atoms with Crippen LogP contribution in [0.5, 0.6) is 11.5 Å². The molecule has 2 aromatic rings. The maximum atomic E-state index is 10.8. The normalized spacial score (nSPS) is 10.9. The summed E-state index contributed by atoms with van der Waals surface area (Å²) >= 11 is 0. The quantitative estimate of drug-likeness (QED) is 0.406. The molecule has 0 amide bonds. The summed E-state index contributed by atoms with van der Waals surface area (Å²) in [6.07, 6.45) is 2.58. The van der Waals surface area contributed by atoms with E-state index in [1.807, 2.05) is 18.2 Å². The molecule has 1 N–H and O–H groups in total. The van der Waals surface area contributed by atoms with Crippen LogP contribution < -0.4 is 14.9 Å². The van der Waals surface area contributed by atoms with Gasteiger partial charge in [0.1, 0.15) is 0 Å². The molecule has 0 saturated carbocycles. The van der Waals surface area contributed by atoms with Gasteiger partial charge in [-0.2, -0.15) is 5.10 Å². The van der Waals surface area contributed by atoms with Gasteiger partial charge in [0.2, 0.25) is 0 Å². The fraction of sp³-hybridized carbons (Fsp3) is 0.316. The molecule has 0 saturated heterocycles. The molecule has 0 aromatic heterocycles. The van der Waals surface area contributed by atoms with E-state index in [4.69, 9.17) is 9.47 Å². The van der Waals surface area contributed by atoms with Crippen molar-refractivity contribution in [3.8, 4) is 11.5 Å². The molecular formula is C19H23N3O4. The van der Waals surface area contributed by atoms with Crippen LogP contribution in [0.3, 0.4) is 0 Å². The van der Waals surface area contributed by atoms with Crippen LogP contribution in [-0.2, 0) is 0 Å². The third-order valence-corrected chi connectivity index (χ3v) is 3.60. The molecule has 26 heavy (non-hydrogen) atoms. The summed E-state index contributed by atoms with van der Waals surface area (Å²) in [5.74, 6) is 1.90. The predicted molar refractivity (Wildman–Crippen MR) is 102 cm³/mol. The summed E-state index contributed by atoms with van der Waals surface area (Å²) in [6, 6.07) is 11.7. The monoisotopic (exact) mass is 357 g/mol. The third kappa shape index (κ3) is 5.77. The van der Waals surface area contributed by atoms with Crippen LogP contribution in [0.15, 0.2) is 47.6 Å². The molecule has 0 radical (unpaired) electrons. The molecule has 7 heteroatoms. The second-order valence-corrected chi connectivity index (χ2v) is 6.12. The van der Waals surface area contributed by atoms with E-state index in [9.17, 15) is 10.1 Å². The van der Waals surface area contributed by atoms with Gasteiger partial charge in [-0.05, 0) is 42.2 Å². The number of benzene rings is 2. The van der Waals surface area contributed by atoms with Gasteiger partial charge < -0.3 is 9.47 Å². The van der Waals surface area contributed by atoms with E-state index >= 15 is 0 Å². The van der Waals surface area contributed by atoms with Gasteiger partial charge >= 0.3 is 0 Å². The van der Waals surface area contributed by atoms with Crippen molar-refractivity contribution in [3.05, 3.63) is 58.1 Å². The Hall–Kier alpha value is -3.09. The maximum absolute atomic E-state index is 10.8. The average Bonchev–Trinajstić information content (AvgIpc) is 2.62. The third-order valence-electron chi connectivity index (χ3n) is 3.60. The van der Waals surface area contributed by atoms with Crippen molar-refractivity contribution >= 4 is 17.6 Å². The minimum Gasteiger partial charge on any atom is -0.493 e. The van der Waals surface area contributed by atoms with Crippen molar-refractivity contribution in [2.45, 2.75) is 20.3 Å². The molecule has 0 spiro atoms. The molecule has 0 bridgehead atoms. The Balaban J connectivity index is 2.01. The number of hydrogen-bond acceptors (Lipinski definition) is 6. The maximum Gasteiger partial charge on any atom is 0.271 e. The first-order valence-electron chi connectivity index (χ1n) is 8.34. The minimum absolute atomic E-state index is 0.00904. The fourth-order valence-corrected chi connectivity index (χ4v) is 2.16. The van der Waals surface area contributed by atoms with E-state index < -0.39 is 4.92 Å². The summed E-state index contributed by atoms with van der Waals surface area (Å²) in [4.78, 5) is 10.3. The van der Waals surface area contributed by atoms with Gasteiger partial charge in [-0.25, -0.2) is 0 Å². The van der Waals surface area contributed by atoms with Crippen molar-refractivity contribution in [1.29, 1.82) is 0 Å². The number of ether oxygens (including phenoxy) is 2. The zero-order chi connectivity index (χ0) is 18.9. The molecule has 2 rings (SSSR count). The number of nitrogens with zero attached hydrogens (tertiary/aromatic N) is 2. The summed E-state index contributed by atoms with van der Waals surface area (Å²) in [7, 11) is 1.59. The number of hydrazone groups is 1. The molecule has 0 heterocycles. The summed E-state index contributed by atoms with van der Waals surface area (Å²) < 4.78 is 11.1. The first-order chi connectivity index (χ1) is 12.5. The molecule has 0 atom stereocenters. The lowest BCUT2D eigenvalue weighted by Gasteiger charge is -2.12. The SMILES string of the molecule is COc1cc(/C=N\Nc2cccc([N+](=O)[O-])c2)ccc1OCCC(C)C. The van der Waals surface area contributed by atoms with Crippen molar-refractivity contribution in [2.75, 3.05) is 19.1 Å². The van der Waals surface area contributed by atoms with E-state index in [0.29, 0.717) is 29.7 Å². The van der Waals surface area contributed by atoms with Crippen molar-refractivity contribution in [1.82, 2.24) is 0 Å². The Morgan fingerprint density at radius 3 is 2.73 bits per heavy atom. The van der Waals surface area contributed by atoms with Gasteiger partial charge in [-0.1, -0.05) is 19.9 Å². The molecule has 7 nitrogen and oxygen atoms in total. The number of methoxy groups -OCH3 is 1. The Labute approximate surface area is 152 Å². The smallest absolute Gasteiger partial charge is 0.271 e. The van der Waals surface area contributed by atoms with Crippen LogP contribution in [0.2, 0.25) is 0 Å². The topological polar surface area (TPSA) is 86.0 Å². The molecule has 0 aliphatic rings. The zero-order valence-electron chi connectivity index (χ0n) is 15.1. The number of nitro groups is 1. The van der Waals surface area contributed by atoms with Crippen molar-refractivity contribution < 1.29 is 14.4 Å². The lowest BCUT2D eigenvalue weighted by atomic mass is 10.1. The number of nitro benzene ring substituents is 1. The summed E-state index contributed by atoms with van der Waals surface area (Å²) in [6.45, 7) is 4.93. The Morgan fingerprint density at radius 1 is 1.23 bits per heavy atom. The molecule has 2 aromatic carbocycles. The molecule has 0 aliphatic carbocycles. The highest BCUT2D eigenvalue weighted by Gasteiger charge is 2.06. The second-order valence-electron chi connectivity index (χ2n) is 6.12. The Bertz CT molecular complexity index is 775. The van der Waals surface area contributed by atoms with Crippen LogP contribution in [0.4, 0.5) is 11.4 Å². The average molecular weight is 357 g/mol. The van der Waals surface area contributed by atoms with Gasteiger partial charge in [0.15, 0.2) is 11.5 Å². The number of rotatable bonds is 9. The first-order valence-corrected chi connectivity index (χ1v) is 8.34. The van der Waals surface area contributed by atoms with Gasteiger partial charge in [0.25, 0.3) is 5.69 Å². The van der Waals surface area contributed by atoms with E-state index in [1.54, 1.807) is 25.5 Å². The van der Waals surface area contributed by atoms with E-state index in [0.717, 1.165) is 12.0 Å². The van der Waals surface area contributed by atoms with Crippen molar-refractivity contribution in [2.24, 2.45) is 11.0 Å². The Kier molecular flexibility index (Phi) is 6.96. The standard InChI is InChI=1S/C19H23N3O4/c1-14(2)9-10-26-18-8-7-15(11-19(18)25-3)13-20-21-16-5-4-6-17(12-16)22(23)24/h4-8,11-14,21H,9-10H2,1-3H3/b20-13-. The summed E-state index contributed by atoms with van der Waals surface area (Å²) in [5.41, 5.74) is 4.14. The fourth-order valence-electron chi connectivity index (χ4n) is 2.16. The van der Waals surface area contributed by atoms with Crippen LogP contribution in [-0.4, -0.2) is 24.9 Å². The molecule has 0 aliphatic heterocycles. The van der Waals surface area contributed by atoms with Crippen LogP contribution in [0.1, 0.15) is 25.8 Å². The highest BCUT2D eigenvalue weighted by Crippen LogP contribution is 2.28. The number of anilines is 1. The van der Waals surface area contributed by atoms with Crippen LogP contribution in [0, 0.1) is 16.0 Å². The number of nitrogens with one attached hydrogen (secondary N) is 1. The molecule has 0 unspecified atom stereocenters. The second kappa shape index (κ2) is 9.41. The lowest BCUT2D eigenvalue weighted by Crippen LogP contribution is -2.03. The van der Waals surface area contributed by atoms with E-state index in [2.05, 4.69) is 24.4 Å². The van der Waals surface area contributed by atoms with E-state index in [1.165, 1.54) is 12.1 Å². The largest absolute Gasteiger partial charge is 0.493 e. The Morgan fingerprint density at radius 2 is 2.04 bits per heavy atom. The highest BCUT2D eigenvalue weighted by molar-refractivity contribution is 5.81. The zero-order valence-corrected chi connectivity index (χ0v) is 15.1. The van der Waals surface area contributed by atoms with E-state index in [-0.39, 0.29) is 5.69 Å². The molecule has 0 fully saturated rings. The highest BCUT2D eigenvalue weighted by atomic mass is 16.6. The van der Waals surface area contributed by atoms with Crippen LogP contribution in [0.25, 0.3) is 0 Å². The number of hydrogen-bond donors (Lipinski definition) is 1. The van der Waals surface area contributed by atoms with Gasteiger partial charge in [-0.3, -0.25) is 15.5 Å². The lowest BCUT2D eigenvalue weighted by molar-refractivity contribution is -0.384. The van der Waals surface area contributed by atoms with Crippen LogP contribution >= 0.6 is 0 Å². The predicted octanol–water partition coefficient (Wildman–Crippen LogP) is 4.47. The first kappa shape index (κ1) is 19.2. The van der Waals surface area contributed by atoms with Gasteiger partial charge in [0.05, 0.1) is 30.5 Å². The molecule has 138 valence electrons. The number of non-ortho nitro benzene ring substituents is 1.